The molecular formula is C16H21BrN2O2S. The monoisotopic (exact) mass is 384 g/mol. The molecule has 0 saturated carbocycles. The number of alkyl halides is 1. The summed E-state index contributed by atoms with van der Waals surface area (Å²) in [4.78, 5) is 16.4. The molecule has 1 atom stereocenters. The minimum absolute atomic E-state index is 0.0360. The Morgan fingerprint density at radius 1 is 1.45 bits per heavy atom. The van der Waals surface area contributed by atoms with E-state index in [0.29, 0.717) is 5.13 Å². The lowest BCUT2D eigenvalue weighted by molar-refractivity contribution is -0.115. The average Bonchev–Trinajstić information content (AvgIpc) is 2.85. The highest BCUT2D eigenvalue weighted by molar-refractivity contribution is 9.10. The number of unbranched alkanes of at least 4 members (excludes halogenated alkanes) is 1. The molecule has 120 valence electrons. The van der Waals surface area contributed by atoms with Crippen molar-refractivity contribution in [1.82, 2.24) is 4.98 Å². The Morgan fingerprint density at radius 2 is 2.23 bits per heavy atom. The fourth-order valence-electron chi connectivity index (χ4n) is 2.00. The summed E-state index contributed by atoms with van der Waals surface area (Å²) in [5, 5.41) is 3.51. The third-order valence-corrected chi connectivity index (χ3v) is 4.86. The van der Waals surface area contributed by atoms with Crippen LogP contribution in [0.4, 0.5) is 5.13 Å². The molecule has 0 bridgehead atoms. The fraction of sp³-hybridized carbons (Fsp3) is 0.500. The number of amides is 1. The number of fused-ring (bicyclic) bond motifs is 1. The molecule has 2 rings (SSSR count). The molecule has 1 N–H and O–H groups in total. The van der Waals surface area contributed by atoms with Crippen LogP contribution < -0.4 is 10.1 Å². The zero-order valence-electron chi connectivity index (χ0n) is 13.1. The molecule has 0 aliphatic rings. The van der Waals surface area contributed by atoms with E-state index in [4.69, 9.17) is 4.74 Å². The van der Waals surface area contributed by atoms with Gasteiger partial charge in [0.05, 0.1) is 21.1 Å². The molecule has 0 spiro atoms. The first-order valence-corrected chi connectivity index (χ1v) is 9.25. The van der Waals surface area contributed by atoms with Gasteiger partial charge in [0.25, 0.3) is 0 Å². The number of carbonyl (C=O) groups excluding carboxylic acids is 1. The van der Waals surface area contributed by atoms with Crippen molar-refractivity contribution in [2.75, 3.05) is 5.32 Å². The van der Waals surface area contributed by atoms with Crippen molar-refractivity contribution in [2.45, 2.75) is 51.0 Å². The lowest BCUT2D eigenvalue weighted by Crippen LogP contribution is -2.22. The molecule has 0 aliphatic heterocycles. The molecule has 1 aromatic heterocycles. The highest BCUT2D eigenvalue weighted by atomic mass is 79.9. The topological polar surface area (TPSA) is 51.2 Å². The van der Waals surface area contributed by atoms with Crippen LogP contribution in [0.1, 0.15) is 40.0 Å². The van der Waals surface area contributed by atoms with Gasteiger partial charge in [0.2, 0.25) is 5.91 Å². The molecule has 0 saturated heterocycles. The lowest BCUT2D eigenvalue weighted by atomic mass is 10.2. The Bertz CT molecular complexity index is 642. The number of benzene rings is 1. The van der Waals surface area contributed by atoms with E-state index < -0.39 is 0 Å². The minimum Gasteiger partial charge on any atom is -0.491 e. The lowest BCUT2D eigenvalue weighted by Gasteiger charge is -2.08. The van der Waals surface area contributed by atoms with Crippen LogP contribution in [0.2, 0.25) is 0 Å². The summed E-state index contributed by atoms with van der Waals surface area (Å²) in [5.41, 5.74) is 0.871. The summed E-state index contributed by atoms with van der Waals surface area (Å²) in [5.74, 6) is 0.788. The van der Waals surface area contributed by atoms with Gasteiger partial charge in [-0.1, -0.05) is 47.0 Å². The van der Waals surface area contributed by atoms with Gasteiger partial charge in [0, 0.05) is 0 Å². The van der Waals surface area contributed by atoms with Crippen molar-refractivity contribution in [3.63, 3.8) is 0 Å². The van der Waals surface area contributed by atoms with Gasteiger partial charge >= 0.3 is 0 Å². The van der Waals surface area contributed by atoms with Crippen molar-refractivity contribution in [3.8, 4) is 5.75 Å². The number of hydrogen-bond donors (Lipinski definition) is 1. The Hall–Kier alpha value is -1.14. The molecule has 1 aromatic carbocycles. The third-order valence-electron chi connectivity index (χ3n) is 3.06. The highest BCUT2D eigenvalue weighted by Gasteiger charge is 2.16. The second-order valence-electron chi connectivity index (χ2n) is 5.41. The molecule has 22 heavy (non-hydrogen) atoms. The van der Waals surface area contributed by atoms with Gasteiger partial charge in [-0.05, 0) is 38.5 Å². The third kappa shape index (κ3) is 4.68. The fourth-order valence-corrected chi connectivity index (χ4v) is 3.34. The van der Waals surface area contributed by atoms with E-state index in [1.807, 2.05) is 32.0 Å². The number of rotatable bonds is 7. The van der Waals surface area contributed by atoms with Gasteiger partial charge in [0.1, 0.15) is 5.75 Å². The molecule has 1 heterocycles. The number of nitrogens with one attached hydrogen (secondary N) is 1. The highest BCUT2D eigenvalue weighted by Crippen LogP contribution is 2.30. The van der Waals surface area contributed by atoms with Crippen molar-refractivity contribution in [2.24, 2.45) is 0 Å². The van der Waals surface area contributed by atoms with Crippen LogP contribution in [-0.2, 0) is 4.79 Å². The van der Waals surface area contributed by atoms with Crippen molar-refractivity contribution in [1.29, 1.82) is 0 Å². The van der Waals surface area contributed by atoms with Crippen LogP contribution >= 0.6 is 27.3 Å². The summed E-state index contributed by atoms with van der Waals surface area (Å²) in [6, 6.07) is 5.79. The molecule has 0 fully saturated rings. The van der Waals surface area contributed by atoms with Crippen LogP contribution in [0.25, 0.3) is 10.2 Å². The van der Waals surface area contributed by atoms with Gasteiger partial charge in [-0.15, -0.1) is 0 Å². The smallest absolute Gasteiger partial charge is 0.239 e. The zero-order chi connectivity index (χ0) is 16.1. The number of carbonyl (C=O) groups is 1. The molecule has 2 aromatic rings. The van der Waals surface area contributed by atoms with E-state index in [9.17, 15) is 4.79 Å². The molecule has 1 unspecified atom stereocenters. The Balaban J connectivity index is 2.07. The van der Waals surface area contributed by atoms with Crippen LogP contribution in [-0.4, -0.2) is 21.8 Å². The molecule has 1 amide bonds. The predicted octanol–water partition coefficient (Wildman–Crippen LogP) is 4.98. The summed E-state index contributed by atoms with van der Waals surface area (Å²) >= 11 is 4.89. The summed E-state index contributed by atoms with van der Waals surface area (Å²) < 4.78 is 6.69. The second kappa shape index (κ2) is 7.92. The van der Waals surface area contributed by atoms with E-state index in [1.54, 1.807) is 0 Å². The number of hydrogen-bond acceptors (Lipinski definition) is 4. The minimum atomic E-state index is -0.167. The van der Waals surface area contributed by atoms with Crippen molar-refractivity contribution in [3.05, 3.63) is 18.2 Å². The van der Waals surface area contributed by atoms with Gasteiger partial charge < -0.3 is 10.1 Å². The van der Waals surface area contributed by atoms with Crippen LogP contribution in [0.3, 0.4) is 0 Å². The Morgan fingerprint density at radius 3 is 2.91 bits per heavy atom. The maximum absolute atomic E-state index is 12.1. The second-order valence-corrected chi connectivity index (χ2v) is 7.55. The summed E-state index contributed by atoms with van der Waals surface area (Å²) in [7, 11) is 0. The van der Waals surface area contributed by atoms with Crippen molar-refractivity contribution < 1.29 is 9.53 Å². The van der Waals surface area contributed by atoms with Gasteiger partial charge in [0.15, 0.2) is 5.13 Å². The Kier molecular flexibility index (Phi) is 6.20. The maximum Gasteiger partial charge on any atom is 0.239 e. The van der Waals surface area contributed by atoms with Gasteiger partial charge in [-0.3, -0.25) is 4.79 Å². The van der Waals surface area contributed by atoms with Crippen LogP contribution in [0.5, 0.6) is 5.75 Å². The number of thiazole rings is 1. The van der Waals surface area contributed by atoms with E-state index in [2.05, 4.69) is 33.2 Å². The quantitative estimate of drug-likeness (QED) is 0.685. The molecule has 4 nitrogen and oxygen atoms in total. The van der Waals surface area contributed by atoms with Crippen molar-refractivity contribution >= 4 is 48.5 Å². The van der Waals surface area contributed by atoms with E-state index >= 15 is 0 Å². The first kappa shape index (κ1) is 17.2. The summed E-state index contributed by atoms with van der Waals surface area (Å²) in [6.07, 6.45) is 3.07. The zero-order valence-corrected chi connectivity index (χ0v) is 15.5. The van der Waals surface area contributed by atoms with Gasteiger partial charge in [-0.25, -0.2) is 4.98 Å². The van der Waals surface area contributed by atoms with Gasteiger partial charge in [-0.2, -0.15) is 0 Å². The van der Waals surface area contributed by atoms with E-state index in [0.717, 1.165) is 35.2 Å². The Labute approximate surface area is 143 Å². The average molecular weight is 385 g/mol. The standard InChI is InChI=1S/C16H21BrN2O2S/c1-4-5-6-12(17)15(20)19-16-18-13-8-7-11(21-10(2)3)9-14(13)22-16/h7-10,12H,4-6H2,1-3H3,(H,18,19,20). The number of anilines is 1. The predicted molar refractivity (Wildman–Crippen MR) is 96.3 cm³/mol. The summed E-state index contributed by atoms with van der Waals surface area (Å²) in [6.45, 7) is 6.10. The van der Waals surface area contributed by atoms with Crippen LogP contribution in [0.15, 0.2) is 18.2 Å². The number of aromatic nitrogens is 1. The first-order valence-electron chi connectivity index (χ1n) is 7.51. The maximum atomic E-state index is 12.1. The SMILES string of the molecule is CCCCC(Br)C(=O)Nc1nc2ccc(OC(C)C)cc2s1. The molecule has 0 aliphatic carbocycles. The first-order chi connectivity index (χ1) is 10.5. The largest absolute Gasteiger partial charge is 0.491 e. The number of halogens is 1. The molecular weight excluding hydrogens is 364 g/mol. The van der Waals surface area contributed by atoms with Crippen LogP contribution in [0, 0.1) is 0 Å². The number of nitrogens with zero attached hydrogens (tertiary/aromatic N) is 1. The van der Waals surface area contributed by atoms with E-state index in [-0.39, 0.29) is 16.8 Å². The molecule has 6 heteroatoms. The normalized spacial score (nSPS) is 12.6. The number of ether oxygens (including phenoxy) is 1. The van der Waals surface area contributed by atoms with E-state index in [1.165, 1.54) is 11.3 Å². The molecule has 0 radical (unpaired) electrons.